The number of nitrogens with one attached hydrogen (secondary N) is 1. The van der Waals surface area contributed by atoms with Gasteiger partial charge >= 0.3 is 0 Å². The number of rotatable bonds is 6. The molecule has 4 heteroatoms. The molecule has 0 aliphatic carbocycles. The predicted octanol–water partition coefficient (Wildman–Crippen LogP) is 1.48. The van der Waals surface area contributed by atoms with Crippen molar-refractivity contribution in [1.29, 1.82) is 0 Å². The van der Waals surface area contributed by atoms with Gasteiger partial charge in [-0.3, -0.25) is 11.3 Å². The summed E-state index contributed by atoms with van der Waals surface area (Å²) in [6, 6.07) is 11.6. The van der Waals surface area contributed by atoms with E-state index < -0.39 is 0 Å². The van der Waals surface area contributed by atoms with Gasteiger partial charge in [0.15, 0.2) is 0 Å². The van der Waals surface area contributed by atoms with E-state index in [2.05, 4.69) is 59.7 Å². The molecule has 0 bridgehead atoms. The third-order valence-electron chi connectivity index (χ3n) is 4.62. The Balaban J connectivity index is 1.86. The largest absolute Gasteiger partial charge is 0.305 e. The van der Waals surface area contributed by atoms with Gasteiger partial charge in [-0.1, -0.05) is 30.3 Å². The van der Waals surface area contributed by atoms with Crippen molar-refractivity contribution in [3.63, 3.8) is 0 Å². The average molecular weight is 290 g/mol. The fraction of sp³-hybridized carbons (Fsp3) is 0.647. The van der Waals surface area contributed by atoms with E-state index in [1.165, 1.54) is 24.9 Å². The van der Waals surface area contributed by atoms with Crippen LogP contribution in [0.3, 0.4) is 0 Å². The first-order chi connectivity index (χ1) is 10.2. The van der Waals surface area contributed by atoms with E-state index in [1.54, 1.807) is 0 Å². The van der Waals surface area contributed by atoms with Crippen LogP contribution in [0.2, 0.25) is 0 Å². The Labute approximate surface area is 129 Å². The highest BCUT2D eigenvalue weighted by Gasteiger charge is 2.27. The molecule has 1 saturated heterocycles. The Morgan fingerprint density at radius 2 is 2.00 bits per heavy atom. The van der Waals surface area contributed by atoms with E-state index >= 15 is 0 Å². The number of hydrogen-bond donors (Lipinski definition) is 2. The number of nitrogens with two attached hydrogens (primary N) is 1. The minimum absolute atomic E-state index is 0.360. The van der Waals surface area contributed by atoms with Crippen LogP contribution in [0.5, 0.6) is 0 Å². The number of nitrogens with zero attached hydrogens (tertiary/aromatic N) is 2. The number of aryl methyl sites for hydroxylation is 1. The molecule has 0 radical (unpaired) electrons. The summed E-state index contributed by atoms with van der Waals surface area (Å²) < 4.78 is 0. The van der Waals surface area contributed by atoms with Gasteiger partial charge in [-0.15, -0.1) is 0 Å². The second-order valence-electron chi connectivity index (χ2n) is 6.31. The summed E-state index contributed by atoms with van der Waals surface area (Å²) in [6.07, 6.45) is 4.66. The summed E-state index contributed by atoms with van der Waals surface area (Å²) in [5.41, 5.74) is 4.48. The van der Waals surface area contributed by atoms with Gasteiger partial charge in [0.1, 0.15) is 0 Å². The molecule has 21 heavy (non-hydrogen) atoms. The van der Waals surface area contributed by atoms with Crippen molar-refractivity contribution in [2.24, 2.45) is 5.84 Å². The lowest BCUT2D eigenvalue weighted by Crippen LogP contribution is -2.54. The molecule has 1 aromatic rings. The lowest BCUT2D eigenvalue weighted by atomic mass is 9.99. The summed E-state index contributed by atoms with van der Waals surface area (Å²) in [7, 11) is 4.44. The first kappa shape index (κ1) is 16.4. The lowest BCUT2D eigenvalue weighted by Gasteiger charge is -2.34. The fourth-order valence-electron chi connectivity index (χ4n) is 3.30. The Morgan fingerprint density at radius 3 is 2.71 bits per heavy atom. The standard InChI is InChI=1S/C17H30N4/c1-20-12-7-13-21(2)17(14-20)16(19-18)11-6-10-15-8-4-3-5-9-15/h3-5,8-9,16-17,19H,6-7,10-14,18H2,1-2H3. The molecule has 1 aromatic carbocycles. The number of hydrogen-bond acceptors (Lipinski definition) is 4. The fourth-order valence-corrected chi connectivity index (χ4v) is 3.30. The molecule has 1 fully saturated rings. The molecule has 0 amide bonds. The Hall–Kier alpha value is -0.940. The maximum Gasteiger partial charge on any atom is 0.0386 e. The van der Waals surface area contributed by atoms with Crippen LogP contribution in [-0.4, -0.2) is 55.6 Å². The zero-order valence-electron chi connectivity index (χ0n) is 13.5. The summed E-state index contributed by atoms with van der Waals surface area (Å²) in [6.45, 7) is 3.44. The highest BCUT2D eigenvalue weighted by Crippen LogP contribution is 2.15. The van der Waals surface area contributed by atoms with E-state index in [0.29, 0.717) is 12.1 Å². The van der Waals surface area contributed by atoms with E-state index in [9.17, 15) is 0 Å². The van der Waals surface area contributed by atoms with Crippen molar-refractivity contribution in [3.8, 4) is 0 Å². The minimum Gasteiger partial charge on any atom is -0.305 e. The normalized spacial score (nSPS) is 22.9. The topological polar surface area (TPSA) is 44.5 Å². The summed E-state index contributed by atoms with van der Waals surface area (Å²) in [4.78, 5) is 4.90. The number of benzene rings is 1. The summed E-state index contributed by atoms with van der Waals surface area (Å²) in [5.74, 6) is 5.85. The van der Waals surface area contributed by atoms with Crippen molar-refractivity contribution < 1.29 is 0 Å². The van der Waals surface area contributed by atoms with Gasteiger partial charge in [0.05, 0.1) is 0 Å². The quantitative estimate of drug-likeness (QED) is 0.615. The van der Waals surface area contributed by atoms with Crippen LogP contribution < -0.4 is 11.3 Å². The van der Waals surface area contributed by atoms with E-state index in [-0.39, 0.29) is 0 Å². The molecule has 3 N–H and O–H groups in total. The van der Waals surface area contributed by atoms with Crippen LogP contribution in [-0.2, 0) is 6.42 Å². The van der Waals surface area contributed by atoms with Crippen LogP contribution in [0.25, 0.3) is 0 Å². The third kappa shape index (κ3) is 5.08. The molecular formula is C17H30N4. The Kier molecular flexibility index (Phi) is 6.64. The van der Waals surface area contributed by atoms with Crippen molar-refractivity contribution in [3.05, 3.63) is 35.9 Å². The van der Waals surface area contributed by atoms with Crippen LogP contribution >= 0.6 is 0 Å². The molecule has 1 heterocycles. The zero-order valence-corrected chi connectivity index (χ0v) is 13.5. The van der Waals surface area contributed by atoms with Crippen LogP contribution in [0.1, 0.15) is 24.8 Å². The minimum atomic E-state index is 0.360. The van der Waals surface area contributed by atoms with Gasteiger partial charge in [-0.25, -0.2) is 0 Å². The van der Waals surface area contributed by atoms with Gasteiger partial charge in [-0.05, 0) is 58.4 Å². The lowest BCUT2D eigenvalue weighted by molar-refractivity contribution is 0.171. The third-order valence-corrected chi connectivity index (χ3v) is 4.62. The van der Waals surface area contributed by atoms with Gasteiger partial charge in [0, 0.05) is 18.6 Å². The molecular weight excluding hydrogens is 260 g/mol. The zero-order chi connectivity index (χ0) is 15.1. The molecule has 2 rings (SSSR count). The van der Waals surface area contributed by atoms with E-state index in [1.807, 2.05) is 0 Å². The van der Waals surface area contributed by atoms with Crippen molar-refractivity contribution in [2.45, 2.75) is 37.8 Å². The van der Waals surface area contributed by atoms with Crippen molar-refractivity contribution in [2.75, 3.05) is 33.7 Å². The SMILES string of the molecule is CN1CCCN(C)C(C(CCCc2ccccc2)NN)C1. The van der Waals surface area contributed by atoms with Gasteiger partial charge in [-0.2, -0.15) is 0 Å². The monoisotopic (exact) mass is 290 g/mol. The second kappa shape index (κ2) is 8.49. The Bertz CT molecular complexity index is 395. The molecule has 0 aromatic heterocycles. The van der Waals surface area contributed by atoms with Crippen LogP contribution in [0, 0.1) is 0 Å². The first-order valence-electron chi connectivity index (χ1n) is 8.09. The number of likely N-dealkylation sites (N-methyl/N-ethyl adjacent to an activating group) is 2. The van der Waals surface area contributed by atoms with Crippen LogP contribution in [0.4, 0.5) is 0 Å². The maximum atomic E-state index is 5.85. The molecule has 1 aliphatic heterocycles. The molecule has 2 atom stereocenters. The molecule has 0 spiro atoms. The van der Waals surface area contributed by atoms with Gasteiger partial charge in [0.2, 0.25) is 0 Å². The van der Waals surface area contributed by atoms with Crippen LogP contribution in [0.15, 0.2) is 30.3 Å². The second-order valence-corrected chi connectivity index (χ2v) is 6.31. The molecule has 1 aliphatic rings. The molecule has 4 nitrogen and oxygen atoms in total. The van der Waals surface area contributed by atoms with Crippen molar-refractivity contribution >= 4 is 0 Å². The maximum absolute atomic E-state index is 5.85. The number of hydrazine groups is 1. The molecule has 2 unspecified atom stereocenters. The highest BCUT2D eigenvalue weighted by molar-refractivity contribution is 5.14. The van der Waals surface area contributed by atoms with Gasteiger partial charge in [0.25, 0.3) is 0 Å². The Morgan fingerprint density at radius 1 is 1.24 bits per heavy atom. The average Bonchev–Trinajstić information content (AvgIpc) is 2.66. The van der Waals surface area contributed by atoms with E-state index in [4.69, 9.17) is 5.84 Å². The summed E-state index contributed by atoms with van der Waals surface area (Å²) >= 11 is 0. The summed E-state index contributed by atoms with van der Waals surface area (Å²) in [5, 5.41) is 0. The predicted molar refractivity (Wildman–Crippen MR) is 89.0 cm³/mol. The highest BCUT2D eigenvalue weighted by atomic mass is 15.3. The van der Waals surface area contributed by atoms with Gasteiger partial charge < -0.3 is 9.80 Å². The molecule has 0 saturated carbocycles. The van der Waals surface area contributed by atoms with E-state index in [0.717, 1.165) is 25.9 Å². The first-order valence-corrected chi connectivity index (χ1v) is 8.09. The molecule has 118 valence electrons. The smallest absolute Gasteiger partial charge is 0.0386 e. The van der Waals surface area contributed by atoms with Crippen molar-refractivity contribution in [1.82, 2.24) is 15.2 Å².